The fourth-order valence-corrected chi connectivity index (χ4v) is 2.92. The van der Waals surface area contributed by atoms with E-state index >= 15 is 0 Å². The molecule has 0 spiro atoms. The quantitative estimate of drug-likeness (QED) is 0.814. The Morgan fingerprint density at radius 1 is 1.23 bits per heavy atom. The topological polar surface area (TPSA) is 63.6 Å². The van der Waals surface area contributed by atoms with Crippen molar-refractivity contribution in [3.8, 4) is 10.9 Å². The average molecular weight is 324 g/mol. The standard InChI is InChI=1S/C16H24N2O3S/c1-9(2)20-15-18-14-12(22-15)8-7-11(21-16(4,5)6)13(14)17-10(3)19/h7-10,17,19H,1-6H3/t10-/m1/s1. The molecule has 0 amide bonds. The zero-order chi connectivity index (χ0) is 16.5. The molecule has 1 aromatic carbocycles. The van der Waals surface area contributed by atoms with E-state index in [1.54, 1.807) is 6.92 Å². The van der Waals surface area contributed by atoms with Crippen LogP contribution in [0, 0.1) is 0 Å². The summed E-state index contributed by atoms with van der Waals surface area (Å²) in [7, 11) is 0. The van der Waals surface area contributed by atoms with E-state index in [0.717, 1.165) is 10.2 Å². The van der Waals surface area contributed by atoms with Gasteiger partial charge in [0.25, 0.3) is 5.19 Å². The molecule has 0 saturated heterocycles. The lowest BCUT2D eigenvalue weighted by Crippen LogP contribution is -2.24. The SMILES string of the molecule is CC(C)Oc1nc2c(N[C@@H](C)O)c(OC(C)(C)C)ccc2s1. The number of hydrogen-bond acceptors (Lipinski definition) is 6. The van der Waals surface area contributed by atoms with Crippen LogP contribution in [0.5, 0.6) is 10.9 Å². The lowest BCUT2D eigenvalue weighted by atomic mass is 10.2. The van der Waals surface area contributed by atoms with Gasteiger partial charge in [0.2, 0.25) is 0 Å². The summed E-state index contributed by atoms with van der Waals surface area (Å²) in [5.74, 6) is 0.669. The maximum absolute atomic E-state index is 9.72. The molecule has 0 aliphatic rings. The third kappa shape index (κ3) is 4.24. The summed E-state index contributed by atoms with van der Waals surface area (Å²) in [6.07, 6.45) is -0.636. The third-order valence-corrected chi connectivity index (χ3v) is 3.52. The highest BCUT2D eigenvalue weighted by molar-refractivity contribution is 7.20. The van der Waals surface area contributed by atoms with Gasteiger partial charge in [-0.15, -0.1) is 0 Å². The van der Waals surface area contributed by atoms with Crippen LogP contribution in [0.3, 0.4) is 0 Å². The maximum Gasteiger partial charge on any atom is 0.274 e. The molecule has 0 saturated carbocycles. The second-order valence-corrected chi connectivity index (χ2v) is 7.46. The zero-order valence-corrected chi connectivity index (χ0v) is 14.7. The van der Waals surface area contributed by atoms with Crippen molar-refractivity contribution >= 4 is 27.2 Å². The molecule has 0 bridgehead atoms. The molecule has 2 aromatic rings. The molecule has 122 valence electrons. The van der Waals surface area contributed by atoms with Crippen LogP contribution < -0.4 is 14.8 Å². The Bertz CT molecular complexity index is 645. The molecule has 0 unspecified atom stereocenters. The number of aliphatic hydroxyl groups excluding tert-OH is 1. The monoisotopic (exact) mass is 324 g/mol. The molecule has 0 fully saturated rings. The molecule has 2 N–H and O–H groups in total. The van der Waals surface area contributed by atoms with E-state index in [1.807, 2.05) is 46.8 Å². The van der Waals surface area contributed by atoms with Crippen LogP contribution in [-0.2, 0) is 0 Å². The number of thiazole rings is 1. The first-order valence-electron chi connectivity index (χ1n) is 7.39. The van der Waals surface area contributed by atoms with Crippen molar-refractivity contribution in [1.29, 1.82) is 0 Å². The second kappa shape index (κ2) is 6.30. The number of ether oxygens (including phenoxy) is 2. The molecule has 6 heteroatoms. The van der Waals surface area contributed by atoms with Crippen LogP contribution >= 0.6 is 11.3 Å². The highest BCUT2D eigenvalue weighted by Crippen LogP contribution is 2.39. The maximum atomic E-state index is 9.72. The highest BCUT2D eigenvalue weighted by Gasteiger charge is 2.20. The van der Waals surface area contributed by atoms with Gasteiger partial charge in [-0.3, -0.25) is 0 Å². The number of fused-ring (bicyclic) bond motifs is 1. The van der Waals surface area contributed by atoms with Gasteiger partial charge in [0.05, 0.1) is 10.8 Å². The molecule has 2 rings (SSSR count). The summed E-state index contributed by atoms with van der Waals surface area (Å²) < 4.78 is 12.6. The molecule has 5 nitrogen and oxygen atoms in total. The largest absolute Gasteiger partial charge is 0.486 e. The fraction of sp³-hybridized carbons (Fsp3) is 0.562. The van der Waals surface area contributed by atoms with E-state index in [2.05, 4.69) is 10.3 Å². The summed E-state index contributed by atoms with van der Waals surface area (Å²) in [6.45, 7) is 11.6. The molecular weight excluding hydrogens is 300 g/mol. The molecule has 0 radical (unpaired) electrons. The Balaban J connectivity index is 2.51. The van der Waals surface area contributed by atoms with Crippen LogP contribution in [0.2, 0.25) is 0 Å². The number of aliphatic hydroxyl groups is 1. The molecular formula is C16H24N2O3S. The van der Waals surface area contributed by atoms with Crippen molar-refractivity contribution in [1.82, 2.24) is 4.98 Å². The van der Waals surface area contributed by atoms with E-state index in [0.29, 0.717) is 16.6 Å². The van der Waals surface area contributed by atoms with Gasteiger partial charge >= 0.3 is 0 Å². The highest BCUT2D eigenvalue weighted by atomic mass is 32.1. The minimum absolute atomic E-state index is 0.0685. The second-order valence-electron chi connectivity index (χ2n) is 6.47. The Labute approximate surface area is 135 Å². The number of nitrogens with one attached hydrogen (secondary N) is 1. The molecule has 1 aromatic heterocycles. The number of hydrogen-bond donors (Lipinski definition) is 2. The van der Waals surface area contributed by atoms with Crippen molar-refractivity contribution in [3.63, 3.8) is 0 Å². The van der Waals surface area contributed by atoms with Crippen LogP contribution in [0.15, 0.2) is 12.1 Å². The lowest BCUT2D eigenvalue weighted by Gasteiger charge is -2.24. The smallest absolute Gasteiger partial charge is 0.274 e. The number of rotatable bonds is 5. The first-order chi connectivity index (χ1) is 10.2. The van der Waals surface area contributed by atoms with Gasteiger partial charge in [-0.1, -0.05) is 11.3 Å². The Morgan fingerprint density at radius 2 is 1.91 bits per heavy atom. The van der Waals surface area contributed by atoms with Crippen molar-refractivity contribution < 1.29 is 14.6 Å². The van der Waals surface area contributed by atoms with E-state index in [4.69, 9.17) is 9.47 Å². The summed E-state index contributed by atoms with van der Waals surface area (Å²) >= 11 is 1.48. The first kappa shape index (κ1) is 16.8. The van der Waals surface area contributed by atoms with Crippen molar-refractivity contribution in [2.24, 2.45) is 0 Å². The van der Waals surface area contributed by atoms with Gasteiger partial charge < -0.3 is 19.9 Å². The van der Waals surface area contributed by atoms with Gasteiger partial charge in [-0.25, -0.2) is 4.98 Å². The van der Waals surface area contributed by atoms with Gasteiger partial charge in [0.15, 0.2) is 0 Å². The summed E-state index contributed by atoms with van der Waals surface area (Å²) in [6, 6.07) is 3.87. The predicted molar refractivity (Wildman–Crippen MR) is 91.1 cm³/mol. The predicted octanol–water partition coefficient (Wildman–Crippen LogP) is 4.01. The van der Waals surface area contributed by atoms with Crippen molar-refractivity contribution in [2.75, 3.05) is 5.32 Å². The van der Waals surface area contributed by atoms with Gasteiger partial charge in [0, 0.05) is 0 Å². The number of anilines is 1. The summed E-state index contributed by atoms with van der Waals surface area (Å²) in [4.78, 5) is 4.54. The van der Waals surface area contributed by atoms with Gasteiger partial charge in [0.1, 0.15) is 28.8 Å². The van der Waals surface area contributed by atoms with Gasteiger partial charge in [-0.2, -0.15) is 0 Å². The molecule has 1 atom stereocenters. The van der Waals surface area contributed by atoms with E-state index < -0.39 is 6.23 Å². The Hall–Kier alpha value is -1.53. The third-order valence-electron chi connectivity index (χ3n) is 2.61. The molecule has 0 aliphatic heterocycles. The van der Waals surface area contributed by atoms with Crippen LogP contribution in [0.25, 0.3) is 10.2 Å². The number of nitrogens with zero attached hydrogens (tertiary/aromatic N) is 1. The lowest BCUT2D eigenvalue weighted by molar-refractivity contribution is 0.131. The van der Waals surface area contributed by atoms with Crippen molar-refractivity contribution in [3.05, 3.63) is 12.1 Å². The number of aromatic nitrogens is 1. The molecule has 0 aliphatic carbocycles. The number of benzene rings is 1. The summed E-state index contributed by atoms with van der Waals surface area (Å²) in [5.41, 5.74) is 1.11. The van der Waals surface area contributed by atoms with E-state index in [-0.39, 0.29) is 11.7 Å². The minimum Gasteiger partial charge on any atom is -0.486 e. The minimum atomic E-state index is -0.705. The normalized spacial score (nSPS) is 13.5. The van der Waals surface area contributed by atoms with Crippen LogP contribution in [-0.4, -0.2) is 28.0 Å². The molecule has 22 heavy (non-hydrogen) atoms. The zero-order valence-electron chi connectivity index (χ0n) is 13.9. The van der Waals surface area contributed by atoms with Crippen LogP contribution in [0.1, 0.15) is 41.5 Å². The van der Waals surface area contributed by atoms with Crippen LogP contribution in [0.4, 0.5) is 5.69 Å². The van der Waals surface area contributed by atoms with Gasteiger partial charge in [-0.05, 0) is 53.7 Å². The summed E-state index contributed by atoms with van der Waals surface area (Å²) in [5, 5.41) is 13.4. The van der Waals surface area contributed by atoms with Crippen molar-refractivity contribution in [2.45, 2.75) is 59.5 Å². The Kier molecular flexibility index (Phi) is 4.82. The molecule has 1 heterocycles. The fourth-order valence-electron chi connectivity index (χ4n) is 1.97. The van der Waals surface area contributed by atoms with E-state index in [9.17, 15) is 5.11 Å². The average Bonchev–Trinajstić information content (AvgIpc) is 2.72. The first-order valence-corrected chi connectivity index (χ1v) is 8.21. The Morgan fingerprint density at radius 3 is 2.45 bits per heavy atom. The van der Waals surface area contributed by atoms with E-state index in [1.165, 1.54) is 11.3 Å².